The molecule has 1 aliphatic heterocycles. The minimum atomic E-state index is -0.286. The van der Waals surface area contributed by atoms with E-state index in [1.807, 2.05) is 38.1 Å². The molecule has 1 fully saturated rings. The van der Waals surface area contributed by atoms with Gasteiger partial charge in [-0.1, -0.05) is 12.1 Å². The monoisotopic (exact) mass is 306 g/mol. The molecule has 0 unspecified atom stereocenters. The van der Waals surface area contributed by atoms with Gasteiger partial charge < -0.3 is 10.5 Å². The minimum absolute atomic E-state index is 0.0806. The van der Waals surface area contributed by atoms with Gasteiger partial charge in [0, 0.05) is 13.1 Å². The van der Waals surface area contributed by atoms with Gasteiger partial charge in [0.05, 0.1) is 11.0 Å². The summed E-state index contributed by atoms with van der Waals surface area (Å²) in [4.78, 5) is 25.4. The molecule has 0 saturated carbocycles. The Bertz CT molecular complexity index is 584. The molecule has 2 rings (SSSR count). The summed E-state index contributed by atoms with van der Waals surface area (Å²) < 4.78 is 5.61. The molecule has 0 radical (unpaired) electrons. The molecule has 1 saturated heterocycles. The second-order valence-electron chi connectivity index (χ2n) is 4.86. The van der Waals surface area contributed by atoms with Crippen LogP contribution in [0.3, 0.4) is 0 Å². The van der Waals surface area contributed by atoms with Crippen LogP contribution < -0.4 is 10.5 Å². The maximum Gasteiger partial charge on any atom is 0.293 e. The zero-order valence-electron chi connectivity index (χ0n) is 12.0. The summed E-state index contributed by atoms with van der Waals surface area (Å²) in [7, 11) is 0. The second kappa shape index (κ2) is 6.78. The van der Waals surface area contributed by atoms with Crippen molar-refractivity contribution in [3.63, 3.8) is 0 Å². The molecule has 0 bridgehead atoms. The standard InChI is InChI=1S/C15H18N2O3S/c1-10(2)20-12-5-3-4-11(8-12)9-13-14(18)17(7-6-16)15(19)21-13/h3-5,8-10H,6-7,16H2,1-2H3. The summed E-state index contributed by atoms with van der Waals surface area (Å²) in [6.07, 6.45) is 1.78. The van der Waals surface area contributed by atoms with Crippen molar-refractivity contribution < 1.29 is 14.3 Å². The highest BCUT2D eigenvalue weighted by Crippen LogP contribution is 2.32. The third-order valence-corrected chi connectivity index (χ3v) is 3.66. The first-order valence-electron chi connectivity index (χ1n) is 6.73. The molecular formula is C15H18N2O3S. The fraction of sp³-hybridized carbons (Fsp3) is 0.333. The number of rotatable bonds is 5. The predicted molar refractivity (Wildman–Crippen MR) is 83.9 cm³/mol. The lowest BCUT2D eigenvalue weighted by Crippen LogP contribution is -2.33. The third kappa shape index (κ3) is 3.86. The van der Waals surface area contributed by atoms with Crippen LogP contribution >= 0.6 is 11.8 Å². The zero-order valence-corrected chi connectivity index (χ0v) is 12.9. The number of hydrogen-bond acceptors (Lipinski definition) is 5. The van der Waals surface area contributed by atoms with Crippen LogP contribution in [0.5, 0.6) is 5.75 Å². The summed E-state index contributed by atoms with van der Waals surface area (Å²) in [5.74, 6) is 0.450. The molecule has 0 aliphatic carbocycles. The normalized spacial score (nSPS) is 17.1. The SMILES string of the molecule is CC(C)Oc1cccc(C=C2SC(=O)N(CCN)C2=O)c1. The first-order chi connectivity index (χ1) is 10.0. The van der Waals surface area contributed by atoms with Gasteiger partial charge in [-0.15, -0.1) is 0 Å². The quantitative estimate of drug-likeness (QED) is 0.846. The largest absolute Gasteiger partial charge is 0.491 e. The van der Waals surface area contributed by atoms with E-state index in [4.69, 9.17) is 10.5 Å². The Labute approximate surface area is 128 Å². The number of amides is 2. The molecule has 1 aromatic rings. The average Bonchev–Trinajstić information content (AvgIpc) is 2.66. The third-order valence-electron chi connectivity index (χ3n) is 2.75. The number of ether oxygens (including phenoxy) is 1. The van der Waals surface area contributed by atoms with Crippen molar-refractivity contribution in [2.24, 2.45) is 5.73 Å². The highest BCUT2D eigenvalue weighted by atomic mass is 32.2. The molecule has 5 nitrogen and oxygen atoms in total. The molecule has 0 aromatic heterocycles. The van der Waals surface area contributed by atoms with E-state index in [9.17, 15) is 9.59 Å². The van der Waals surface area contributed by atoms with E-state index in [-0.39, 0.29) is 30.3 Å². The van der Waals surface area contributed by atoms with Crippen molar-refractivity contribution in [1.29, 1.82) is 0 Å². The number of nitrogens with zero attached hydrogens (tertiary/aromatic N) is 1. The Balaban J connectivity index is 2.20. The van der Waals surface area contributed by atoms with Gasteiger partial charge in [-0.05, 0) is 49.4 Å². The van der Waals surface area contributed by atoms with Crippen LogP contribution in [0.4, 0.5) is 4.79 Å². The van der Waals surface area contributed by atoms with Crippen LogP contribution in [0, 0.1) is 0 Å². The molecule has 2 amide bonds. The summed E-state index contributed by atoms with van der Waals surface area (Å²) >= 11 is 0.939. The van der Waals surface area contributed by atoms with E-state index in [0.29, 0.717) is 4.91 Å². The maximum absolute atomic E-state index is 12.1. The molecule has 0 spiro atoms. The number of carbonyl (C=O) groups excluding carboxylic acids is 2. The maximum atomic E-state index is 12.1. The van der Waals surface area contributed by atoms with Gasteiger partial charge in [0.1, 0.15) is 5.75 Å². The number of hydrogen-bond donors (Lipinski definition) is 1. The Morgan fingerprint density at radius 2 is 2.14 bits per heavy atom. The van der Waals surface area contributed by atoms with Gasteiger partial charge in [0.2, 0.25) is 0 Å². The molecule has 112 valence electrons. The summed E-state index contributed by atoms with van der Waals surface area (Å²) in [6, 6.07) is 7.42. The van der Waals surface area contributed by atoms with Crippen LogP contribution in [0.2, 0.25) is 0 Å². The average molecular weight is 306 g/mol. The minimum Gasteiger partial charge on any atom is -0.491 e. The predicted octanol–water partition coefficient (Wildman–Crippen LogP) is 2.47. The number of imide groups is 1. The van der Waals surface area contributed by atoms with Crippen LogP contribution in [-0.2, 0) is 4.79 Å². The van der Waals surface area contributed by atoms with Crippen molar-refractivity contribution in [2.45, 2.75) is 20.0 Å². The Morgan fingerprint density at radius 1 is 1.38 bits per heavy atom. The van der Waals surface area contributed by atoms with Gasteiger partial charge in [0.25, 0.3) is 11.1 Å². The smallest absolute Gasteiger partial charge is 0.293 e. The number of thioether (sulfide) groups is 1. The highest BCUT2D eigenvalue weighted by molar-refractivity contribution is 8.18. The van der Waals surface area contributed by atoms with Crippen molar-refractivity contribution in [1.82, 2.24) is 4.90 Å². The van der Waals surface area contributed by atoms with Crippen molar-refractivity contribution in [2.75, 3.05) is 13.1 Å². The topological polar surface area (TPSA) is 72.6 Å². The van der Waals surface area contributed by atoms with Gasteiger partial charge in [0.15, 0.2) is 0 Å². The fourth-order valence-electron chi connectivity index (χ4n) is 1.92. The number of carbonyl (C=O) groups is 2. The lowest BCUT2D eigenvalue weighted by Gasteiger charge is -2.10. The van der Waals surface area contributed by atoms with E-state index >= 15 is 0 Å². The van der Waals surface area contributed by atoms with Crippen molar-refractivity contribution in [3.05, 3.63) is 34.7 Å². The summed E-state index contributed by atoms with van der Waals surface area (Å²) in [6.45, 7) is 4.41. The molecule has 6 heteroatoms. The Hall–Kier alpha value is -1.79. The molecular weight excluding hydrogens is 288 g/mol. The van der Waals surface area contributed by atoms with Gasteiger partial charge in [-0.25, -0.2) is 0 Å². The molecule has 1 aliphatic rings. The van der Waals surface area contributed by atoms with Crippen LogP contribution in [0.1, 0.15) is 19.4 Å². The lowest BCUT2D eigenvalue weighted by molar-refractivity contribution is -0.122. The molecule has 2 N–H and O–H groups in total. The summed E-state index contributed by atoms with van der Waals surface area (Å²) in [5.41, 5.74) is 6.23. The molecule has 21 heavy (non-hydrogen) atoms. The number of benzene rings is 1. The molecule has 1 aromatic carbocycles. The fourth-order valence-corrected chi connectivity index (χ4v) is 2.79. The van der Waals surface area contributed by atoms with E-state index in [1.54, 1.807) is 6.08 Å². The van der Waals surface area contributed by atoms with Crippen LogP contribution in [-0.4, -0.2) is 35.2 Å². The van der Waals surface area contributed by atoms with E-state index in [0.717, 1.165) is 23.1 Å². The van der Waals surface area contributed by atoms with Crippen molar-refractivity contribution in [3.8, 4) is 5.75 Å². The first-order valence-corrected chi connectivity index (χ1v) is 7.55. The van der Waals surface area contributed by atoms with Gasteiger partial charge in [-0.2, -0.15) is 0 Å². The first kappa shape index (κ1) is 15.6. The number of nitrogens with two attached hydrogens (primary N) is 1. The second-order valence-corrected chi connectivity index (χ2v) is 5.85. The highest BCUT2D eigenvalue weighted by Gasteiger charge is 2.34. The van der Waals surface area contributed by atoms with E-state index < -0.39 is 0 Å². The van der Waals surface area contributed by atoms with Crippen LogP contribution in [0.25, 0.3) is 6.08 Å². The lowest BCUT2D eigenvalue weighted by atomic mass is 10.2. The van der Waals surface area contributed by atoms with Crippen molar-refractivity contribution >= 4 is 29.0 Å². The van der Waals surface area contributed by atoms with Crippen LogP contribution in [0.15, 0.2) is 29.2 Å². The van der Waals surface area contributed by atoms with E-state index in [1.165, 1.54) is 4.90 Å². The summed E-state index contributed by atoms with van der Waals surface area (Å²) in [5, 5.41) is -0.272. The Kier molecular flexibility index (Phi) is 5.03. The van der Waals surface area contributed by atoms with E-state index in [2.05, 4.69) is 0 Å². The zero-order chi connectivity index (χ0) is 15.4. The molecule has 1 heterocycles. The molecule has 0 atom stereocenters. The van der Waals surface area contributed by atoms with Gasteiger partial charge >= 0.3 is 0 Å². The Morgan fingerprint density at radius 3 is 2.81 bits per heavy atom. The van der Waals surface area contributed by atoms with Gasteiger partial charge in [-0.3, -0.25) is 14.5 Å².